The number of hydrogen-bond donors (Lipinski definition) is 0. The molecule has 0 radical (unpaired) electrons. The summed E-state index contributed by atoms with van der Waals surface area (Å²) in [6, 6.07) is 0. The van der Waals surface area contributed by atoms with E-state index in [1.165, 1.54) is 0 Å². The zero-order valence-corrected chi connectivity index (χ0v) is 7.13. The van der Waals surface area contributed by atoms with Crippen LogP contribution >= 0.6 is 0 Å². The van der Waals surface area contributed by atoms with E-state index in [4.69, 9.17) is 5.53 Å². The average Bonchev–Trinajstić information content (AvgIpc) is 1.84. The fourth-order valence-corrected chi connectivity index (χ4v) is 0.396. The second kappa shape index (κ2) is 3.47. The van der Waals surface area contributed by atoms with E-state index >= 15 is 0 Å². The topological polar surface area (TPSA) is 48.8 Å². The molecule has 0 aliphatic carbocycles. The van der Waals surface area contributed by atoms with Gasteiger partial charge in [0.05, 0.1) is 0 Å². The Bertz CT molecular complexity index is 143. The van der Waals surface area contributed by atoms with Crippen LogP contribution in [0, 0.1) is 11.3 Å². The van der Waals surface area contributed by atoms with Crippen molar-refractivity contribution in [2.24, 2.45) is 16.4 Å². The van der Waals surface area contributed by atoms with Gasteiger partial charge in [-0.1, -0.05) is 32.8 Å². The molecule has 0 aromatic heterocycles. The van der Waals surface area contributed by atoms with Crippen molar-refractivity contribution >= 4 is 0 Å². The molecule has 0 heterocycles. The molecule has 10 heavy (non-hydrogen) atoms. The Hall–Kier alpha value is -0.690. The molecular formula is C7H15N3. The summed E-state index contributed by atoms with van der Waals surface area (Å²) < 4.78 is 0. The highest BCUT2D eigenvalue weighted by atomic mass is 15.1. The van der Waals surface area contributed by atoms with Gasteiger partial charge in [0.1, 0.15) is 0 Å². The lowest BCUT2D eigenvalue weighted by Gasteiger charge is -2.26. The van der Waals surface area contributed by atoms with E-state index in [9.17, 15) is 0 Å². The number of hydrogen-bond acceptors (Lipinski definition) is 1. The molecule has 3 nitrogen and oxygen atoms in total. The minimum Gasteiger partial charge on any atom is -0.0934 e. The third-order valence-corrected chi connectivity index (χ3v) is 2.10. The van der Waals surface area contributed by atoms with Crippen LogP contribution in [0.1, 0.15) is 27.7 Å². The van der Waals surface area contributed by atoms with Crippen LogP contribution in [0.15, 0.2) is 5.11 Å². The summed E-state index contributed by atoms with van der Waals surface area (Å²) in [6.45, 7) is 9.06. The van der Waals surface area contributed by atoms with Crippen LogP contribution in [-0.2, 0) is 0 Å². The first kappa shape index (κ1) is 9.31. The van der Waals surface area contributed by atoms with E-state index in [1.54, 1.807) is 0 Å². The summed E-state index contributed by atoms with van der Waals surface area (Å²) in [5.41, 5.74) is 8.20. The van der Waals surface area contributed by atoms with E-state index in [-0.39, 0.29) is 5.41 Å². The molecular weight excluding hydrogens is 126 g/mol. The molecule has 0 aromatic rings. The predicted molar refractivity (Wildman–Crippen MR) is 42.6 cm³/mol. The molecule has 0 aliphatic heterocycles. The van der Waals surface area contributed by atoms with Gasteiger partial charge in [0.15, 0.2) is 0 Å². The van der Waals surface area contributed by atoms with Gasteiger partial charge in [-0.25, -0.2) is 0 Å². The van der Waals surface area contributed by atoms with Gasteiger partial charge in [0.25, 0.3) is 0 Å². The quantitative estimate of drug-likeness (QED) is 0.329. The second-order valence-corrected chi connectivity index (χ2v) is 3.53. The number of azide groups is 1. The van der Waals surface area contributed by atoms with Crippen molar-refractivity contribution in [1.82, 2.24) is 0 Å². The van der Waals surface area contributed by atoms with Crippen LogP contribution in [0.2, 0.25) is 0 Å². The molecule has 0 fully saturated rings. The van der Waals surface area contributed by atoms with E-state index in [0.29, 0.717) is 12.5 Å². The van der Waals surface area contributed by atoms with Gasteiger partial charge in [-0.3, -0.25) is 0 Å². The Balaban J connectivity index is 3.98. The van der Waals surface area contributed by atoms with Crippen molar-refractivity contribution in [3.05, 3.63) is 10.4 Å². The molecule has 0 saturated carbocycles. The first-order chi connectivity index (χ1) is 4.50. The van der Waals surface area contributed by atoms with Crippen molar-refractivity contribution in [2.75, 3.05) is 6.54 Å². The van der Waals surface area contributed by atoms with Crippen LogP contribution in [0.3, 0.4) is 0 Å². The zero-order chi connectivity index (χ0) is 8.20. The molecule has 0 atom stereocenters. The highest BCUT2D eigenvalue weighted by Gasteiger charge is 2.20. The normalized spacial score (nSPS) is 11.3. The minimum atomic E-state index is 0.131. The van der Waals surface area contributed by atoms with Gasteiger partial charge < -0.3 is 0 Å². The average molecular weight is 141 g/mol. The van der Waals surface area contributed by atoms with Crippen molar-refractivity contribution in [3.8, 4) is 0 Å². The van der Waals surface area contributed by atoms with Crippen molar-refractivity contribution in [2.45, 2.75) is 27.7 Å². The van der Waals surface area contributed by atoms with E-state index < -0.39 is 0 Å². The molecule has 0 bridgehead atoms. The summed E-state index contributed by atoms with van der Waals surface area (Å²) in [5.74, 6) is 0.554. The summed E-state index contributed by atoms with van der Waals surface area (Å²) in [5, 5.41) is 3.55. The maximum Gasteiger partial charge on any atom is 0.0311 e. The first-order valence-corrected chi connectivity index (χ1v) is 3.51. The van der Waals surface area contributed by atoms with E-state index in [0.717, 1.165) is 0 Å². The largest absolute Gasteiger partial charge is 0.0934 e. The molecule has 58 valence electrons. The van der Waals surface area contributed by atoms with Gasteiger partial charge in [0.2, 0.25) is 0 Å². The Morgan fingerprint density at radius 3 is 2.30 bits per heavy atom. The minimum absolute atomic E-state index is 0.131. The first-order valence-electron chi connectivity index (χ1n) is 3.51. The van der Waals surface area contributed by atoms with Crippen molar-refractivity contribution in [3.63, 3.8) is 0 Å². The van der Waals surface area contributed by atoms with Crippen LogP contribution < -0.4 is 0 Å². The molecule has 0 amide bonds. The molecule has 0 aromatic carbocycles. The summed E-state index contributed by atoms with van der Waals surface area (Å²) in [6.07, 6.45) is 0. The molecule has 3 heteroatoms. The third-order valence-electron chi connectivity index (χ3n) is 2.10. The SMILES string of the molecule is CC(C)C(C)(C)CN=[N+]=[N-]. The third kappa shape index (κ3) is 2.74. The molecule has 0 unspecified atom stereocenters. The van der Waals surface area contributed by atoms with Gasteiger partial charge in [0, 0.05) is 11.5 Å². The van der Waals surface area contributed by atoms with Crippen molar-refractivity contribution < 1.29 is 0 Å². The van der Waals surface area contributed by atoms with Crippen LogP contribution in [-0.4, -0.2) is 6.54 Å². The summed E-state index contributed by atoms with van der Waals surface area (Å²) in [7, 11) is 0. The maximum absolute atomic E-state index is 8.07. The number of rotatable bonds is 3. The summed E-state index contributed by atoms with van der Waals surface area (Å²) >= 11 is 0. The summed E-state index contributed by atoms with van der Waals surface area (Å²) in [4.78, 5) is 2.73. The lowest BCUT2D eigenvalue weighted by atomic mass is 9.81. The van der Waals surface area contributed by atoms with Gasteiger partial charge >= 0.3 is 0 Å². The molecule has 0 saturated heterocycles. The lowest BCUT2D eigenvalue weighted by molar-refractivity contribution is 0.261. The predicted octanol–water partition coefficient (Wildman–Crippen LogP) is 2.98. The number of nitrogens with zero attached hydrogens (tertiary/aromatic N) is 3. The highest BCUT2D eigenvalue weighted by Crippen LogP contribution is 2.25. The Morgan fingerprint density at radius 1 is 1.50 bits per heavy atom. The molecule has 0 spiro atoms. The maximum atomic E-state index is 8.07. The fraction of sp³-hybridized carbons (Fsp3) is 1.00. The Kier molecular flexibility index (Phi) is 3.23. The van der Waals surface area contributed by atoms with Crippen LogP contribution in [0.5, 0.6) is 0 Å². The fourth-order valence-electron chi connectivity index (χ4n) is 0.396. The van der Waals surface area contributed by atoms with Crippen LogP contribution in [0.25, 0.3) is 10.4 Å². The van der Waals surface area contributed by atoms with Crippen molar-refractivity contribution in [1.29, 1.82) is 0 Å². The van der Waals surface area contributed by atoms with E-state index in [2.05, 4.69) is 37.7 Å². The Labute approximate surface area is 62.1 Å². The van der Waals surface area contributed by atoms with Crippen LogP contribution in [0.4, 0.5) is 0 Å². The molecule has 0 aliphatic rings. The standard InChI is InChI=1S/C7H15N3/c1-6(2)7(3,4)5-9-10-8/h6H,5H2,1-4H3. The Morgan fingerprint density at radius 2 is 2.00 bits per heavy atom. The smallest absolute Gasteiger partial charge is 0.0311 e. The van der Waals surface area contributed by atoms with Gasteiger partial charge in [-0.05, 0) is 16.9 Å². The zero-order valence-electron chi connectivity index (χ0n) is 7.13. The second-order valence-electron chi connectivity index (χ2n) is 3.53. The molecule has 0 N–H and O–H groups in total. The lowest BCUT2D eigenvalue weighted by Crippen LogP contribution is -2.22. The highest BCUT2D eigenvalue weighted by molar-refractivity contribution is 4.74. The van der Waals surface area contributed by atoms with Gasteiger partial charge in [-0.2, -0.15) is 0 Å². The van der Waals surface area contributed by atoms with E-state index in [1.807, 2.05) is 0 Å². The van der Waals surface area contributed by atoms with Gasteiger partial charge in [-0.15, -0.1) is 0 Å². The molecule has 0 rings (SSSR count). The monoisotopic (exact) mass is 141 g/mol.